The lowest BCUT2D eigenvalue weighted by Gasteiger charge is -2.01. The number of anilines is 1. The Morgan fingerprint density at radius 2 is 2.00 bits per heavy atom. The highest BCUT2D eigenvalue weighted by molar-refractivity contribution is 6.42. The first-order chi connectivity index (χ1) is 6.63. The van der Waals surface area contributed by atoms with Crippen molar-refractivity contribution in [1.82, 2.24) is 9.55 Å². The molecule has 0 saturated carbocycles. The van der Waals surface area contributed by atoms with Crippen LogP contribution in [0.25, 0.3) is 11.0 Å². The highest BCUT2D eigenvalue weighted by Crippen LogP contribution is 2.28. The summed E-state index contributed by atoms with van der Waals surface area (Å²) in [5.41, 5.74) is 7.42. The molecule has 5 heteroatoms. The van der Waals surface area contributed by atoms with E-state index in [9.17, 15) is 0 Å². The molecule has 0 atom stereocenters. The molecular weight excluding hydrogens is 221 g/mol. The summed E-state index contributed by atoms with van der Waals surface area (Å²) in [6.45, 7) is 2.76. The third-order valence-corrected chi connectivity index (χ3v) is 2.86. The first-order valence-electron chi connectivity index (χ1n) is 4.24. The minimum Gasteiger partial charge on any atom is -0.369 e. The summed E-state index contributed by atoms with van der Waals surface area (Å²) >= 11 is 11.8. The largest absolute Gasteiger partial charge is 0.369 e. The second kappa shape index (κ2) is 3.33. The molecule has 74 valence electrons. The summed E-state index contributed by atoms with van der Waals surface area (Å²) in [7, 11) is 0. The van der Waals surface area contributed by atoms with Crippen LogP contribution in [-0.2, 0) is 6.54 Å². The van der Waals surface area contributed by atoms with Gasteiger partial charge < -0.3 is 10.3 Å². The van der Waals surface area contributed by atoms with Crippen molar-refractivity contribution in [3.05, 3.63) is 22.2 Å². The second-order valence-electron chi connectivity index (χ2n) is 2.97. The molecule has 1 aromatic heterocycles. The van der Waals surface area contributed by atoms with Gasteiger partial charge in [-0.1, -0.05) is 23.2 Å². The molecule has 0 bridgehead atoms. The molecule has 14 heavy (non-hydrogen) atoms. The second-order valence-corrected chi connectivity index (χ2v) is 3.78. The number of fused-ring (bicyclic) bond motifs is 1. The molecule has 2 rings (SSSR count). The average molecular weight is 230 g/mol. The number of aryl methyl sites for hydroxylation is 1. The van der Waals surface area contributed by atoms with Crippen molar-refractivity contribution < 1.29 is 0 Å². The Bertz CT molecular complexity index is 490. The van der Waals surface area contributed by atoms with E-state index in [-0.39, 0.29) is 0 Å². The average Bonchev–Trinajstić information content (AvgIpc) is 2.42. The van der Waals surface area contributed by atoms with Gasteiger partial charge in [0, 0.05) is 6.54 Å². The van der Waals surface area contributed by atoms with Gasteiger partial charge in [0.1, 0.15) is 0 Å². The van der Waals surface area contributed by atoms with Crippen LogP contribution in [0.2, 0.25) is 10.0 Å². The predicted molar refractivity (Wildman–Crippen MR) is 59.8 cm³/mol. The maximum absolute atomic E-state index is 5.91. The van der Waals surface area contributed by atoms with E-state index in [2.05, 4.69) is 4.98 Å². The summed E-state index contributed by atoms with van der Waals surface area (Å²) < 4.78 is 1.89. The summed E-state index contributed by atoms with van der Waals surface area (Å²) in [6.07, 6.45) is 0. The molecule has 0 unspecified atom stereocenters. The van der Waals surface area contributed by atoms with E-state index in [1.54, 1.807) is 12.1 Å². The van der Waals surface area contributed by atoms with Crippen molar-refractivity contribution in [1.29, 1.82) is 0 Å². The molecule has 0 radical (unpaired) electrons. The fourth-order valence-corrected chi connectivity index (χ4v) is 1.79. The van der Waals surface area contributed by atoms with Crippen LogP contribution in [-0.4, -0.2) is 9.55 Å². The Labute approximate surface area is 91.4 Å². The van der Waals surface area contributed by atoms with Gasteiger partial charge in [0.2, 0.25) is 5.95 Å². The van der Waals surface area contributed by atoms with Crippen molar-refractivity contribution in [3.63, 3.8) is 0 Å². The maximum Gasteiger partial charge on any atom is 0.201 e. The molecule has 0 amide bonds. The number of hydrogen-bond acceptors (Lipinski definition) is 2. The standard InChI is InChI=1S/C9H9Cl2N3/c1-2-14-8-4-6(11)5(10)3-7(8)13-9(14)12/h3-4H,2H2,1H3,(H2,12,13). The van der Waals surface area contributed by atoms with E-state index >= 15 is 0 Å². The Morgan fingerprint density at radius 1 is 1.36 bits per heavy atom. The number of nitrogen functional groups attached to an aromatic ring is 1. The zero-order chi connectivity index (χ0) is 10.3. The number of hydrogen-bond donors (Lipinski definition) is 1. The van der Waals surface area contributed by atoms with Gasteiger partial charge in [0.05, 0.1) is 21.1 Å². The minimum absolute atomic E-state index is 0.487. The molecular formula is C9H9Cl2N3. The third-order valence-electron chi connectivity index (χ3n) is 2.14. The van der Waals surface area contributed by atoms with E-state index in [1.807, 2.05) is 11.5 Å². The van der Waals surface area contributed by atoms with Crippen LogP contribution in [0.15, 0.2) is 12.1 Å². The normalized spacial score (nSPS) is 11.1. The number of imidazole rings is 1. The number of aromatic nitrogens is 2. The summed E-state index contributed by atoms with van der Waals surface area (Å²) in [5.74, 6) is 0.487. The van der Waals surface area contributed by atoms with Crippen molar-refractivity contribution in [3.8, 4) is 0 Å². The van der Waals surface area contributed by atoms with Crippen molar-refractivity contribution in [2.24, 2.45) is 0 Å². The van der Waals surface area contributed by atoms with Gasteiger partial charge in [-0.3, -0.25) is 0 Å². The van der Waals surface area contributed by atoms with Gasteiger partial charge in [0.15, 0.2) is 0 Å². The molecule has 3 nitrogen and oxygen atoms in total. The van der Waals surface area contributed by atoms with Crippen LogP contribution >= 0.6 is 23.2 Å². The molecule has 2 aromatic rings. The molecule has 0 aliphatic heterocycles. The molecule has 0 spiro atoms. The molecule has 1 aromatic carbocycles. The van der Waals surface area contributed by atoms with E-state index in [0.29, 0.717) is 16.0 Å². The van der Waals surface area contributed by atoms with Gasteiger partial charge in [-0.05, 0) is 19.1 Å². The monoisotopic (exact) mass is 229 g/mol. The van der Waals surface area contributed by atoms with E-state index in [4.69, 9.17) is 28.9 Å². The maximum atomic E-state index is 5.91. The summed E-state index contributed by atoms with van der Waals surface area (Å²) in [5, 5.41) is 1.02. The van der Waals surface area contributed by atoms with Gasteiger partial charge in [-0.15, -0.1) is 0 Å². The number of rotatable bonds is 1. The Balaban J connectivity index is 2.82. The van der Waals surface area contributed by atoms with Crippen LogP contribution in [0.4, 0.5) is 5.95 Å². The highest BCUT2D eigenvalue weighted by atomic mass is 35.5. The van der Waals surface area contributed by atoms with Gasteiger partial charge >= 0.3 is 0 Å². The van der Waals surface area contributed by atoms with Crippen molar-refractivity contribution in [2.75, 3.05) is 5.73 Å². The topological polar surface area (TPSA) is 43.8 Å². The lowest BCUT2D eigenvalue weighted by Crippen LogP contribution is -2.00. The van der Waals surface area contributed by atoms with E-state index < -0.39 is 0 Å². The van der Waals surface area contributed by atoms with Crippen molar-refractivity contribution >= 4 is 40.2 Å². The Kier molecular flexibility index (Phi) is 2.29. The van der Waals surface area contributed by atoms with E-state index in [0.717, 1.165) is 17.6 Å². The van der Waals surface area contributed by atoms with Gasteiger partial charge in [0.25, 0.3) is 0 Å². The lowest BCUT2D eigenvalue weighted by molar-refractivity contribution is 0.800. The Morgan fingerprint density at radius 3 is 2.64 bits per heavy atom. The smallest absolute Gasteiger partial charge is 0.201 e. The van der Waals surface area contributed by atoms with Crippen molar-refractivity contribution in [2.45, 2.75) is 13.5 Å². The summed E-state index contributed by atoms with van der Waals surface area (Å²) in [4.78, 5) is 4.18. The van der Waals surface area contributed by atoms with Crippen LogP contribution in [0.3, 0.4) is 0 Å². The van der Waals surface area contributed by atoms with Crippen LogP contribution in [0.5, 0.6) is 0 Å². The van der Waals surface area contributed by atoms with Gasteiger partial charge in [-0.2, -0.15) is 0 Å². The zero-order valence-electron chi connectivity index (χ0n) is 7.59. The molecule has 0 saturated heterocycles. The number of nitrogens with two attached hydrogens (primary N) is 1. The van der Waals surface area contributed by atoms with Crippen LogP contribution in [0.1, 0.15) is 6.92 Å². The predicted octanol–water partition coefficient (Wildman–Crippen LogP) is 2.95. The van der Waals surface area contributed by atoms with Crippen LogP contribution in [0, 0.1) is 0 Å². The quantitative estimate of drug-likeness (QED) is 0.818. The molecule has 2 N–H and O–H groups in total. The number of halogens is 2. The minimum atomic E-state index is 0.487. The number of nitrogens with zero attached hydrogens (tertiary/aromatic N) is 2. The fourth-order valence-electron chi connectivity index (χ4n) is 1.47. The van der Waals surface area contributed by atoms with Crippen LogP contribution < -0.4 is 5.73 Å². The molecule has 0 aliphatic rings. The summed E-state index contributed by atoms with van der Waals surface area (Å²) in [6, 6.07) is 3.51. The first-order valence-corrected chi connectivity index (χ1v) is 5.00. The molecule has 1 heterocycles. The fraction of sp³-hybridized carbons (Fsp3) is 0.222. The molecule has 0 aliphatic carbocycles. The van der Waals surface area contributed by atoms with Gasteiger partial charge in [-0.25, -0.2) is 4.98 Å². The van der Waals surface area contributed by atoms with E-state index in [1.165, 1.54) is 0 Å². The first kappa shape index (κ1) is 9.62. The lowest BCUT2D eigenvalue weighted by atomic mass is 10.3. The number of benzene rings is 1. The zero-order valence-corrected chi connectivity index (χ0v) is 9.10. The SMILES string of the molecule is CCn1c(N)nc2cc(Cl)c(Cl)cc21. The highest BCUT2D eigenvalue weighted by Gasteiger charge is 2.09. The third kappa shape index (κ3) is 1.33. The molecule has 0 fully saturated rings. The Hall–Kier alpha value is -0.930.